The lowest BCUT2D eigenvalue weighted by Crippen LogP contribution is -2.44. The van der Waals surface area contributed by atoms with Crippen LogP contribution in [0.1, 0.15) is 38.8 Å². The number of amides is 3. The smallest absolute Gasteiger partial charge is 0.329 e. The molecule has 7 heteroatoms. The molecule has 1 unspecified atom stereocenters. The van der Waals surface area contributed by atoms with Crippen LogP contribution in [-0.2, 0) is 14.3 Å². The van der Waals surface area contributed by atoms with E-state index >= 15 is 0 Å². The highest BCUT2D eigenvalue weighted by Crippen LogP contribution is 2.26. The van der Waals surface area contributed by atoms with Crippen LogP contribution in [0.15, 0.2) is 42.5 Å². The molecule has 0 aromatic heterocycles. The third-order valence-corrected chi connectivity index (χ3v) is 4.57. The fourth-order valence-corrected chi connectivity index (χ4v) is 2.99. The van der Waals surface area contributed by atoms with E-state index < -0.39 is 36.3 Å². The lowest BCUT2D eigenvalue weighted by Gasteiger charge is -2.20. The molecular weight excluding hydrogens is 360 g/mol. The summed E-state index contributed by atoms with van der Waals surface area (Å²) in [6, 6.07) is 11.0. The van der Waals surface area contributed by atoms with E-state index in [0.717, 1.165) is 16.0 Å². The monoisotopic (exact) mass is 380 g/mol. The van der Waals surface area contributed by atoms with Gasteiger partial charge in [0.25, 0.3) is 17.7 Å². The molecule has 0 radical (unpaired) electrons. The van der Waals surface area contributed by atoms with Crippen molar-refractivity contribution in [2.75, 3.05) is 11.9 Å². The van der Waals surface area contributed by atoms with Gasteiger partial charge in [-0.2, -0.15) is 0 Å². The fraction of sp³-hybridized carbons (Fsp3) is 0.238. The molecule has 0 saturated heterocycles. The van der Waals surface area contributed by atoms with Crippen LogP contribution in [0.2, 0.25) is 0 Å². The van der Waals surface area contributed by atoms with E-state index in [-0.39, 0.29) is 11.1 Å². The molecule has 144 valence electrons. The molecule has 3 rings (SSSR count). The molecule has 2 aromatic carbocycles. The molecule has 0 spiro atoms. The van der Waals surface area contributed by atoms with Gasteiger partial charge in [-0.05, 0) is 44.5 Å². The molecule has 7 nitrogen and oxygen atoms in total. The molecule has 0 bridgehead atoms. The maximum Gasteiger partial charge on any atom is 0.329 e. The summed E-state index contributed by atoms with van der Waals surface area (Å²) in [5.74, 6) is -2.43. The summed E-state index contributed by atoms with van der Waals surface area (Å²) in [7, 11) is 0. The molecule has 1 aliphatic heterocycles. The average molecular weight is 380 g/mol. The third-order valence-electron chi connectivity index (χ3n) is 4.57. The number of hydrogen-bond donors (Lipinski definition) is 1. The van der Waals surface area contributed by atoms with Crippen molar-refractivity contribution in [2.24, 2.45) is 0 Å². The Labute approximate surface area is 162 Å². The van der Waals surface area contributed by atoms with Gasteiger partial charge in [-0.3, -0.25) is 19.3 Å². The number of para-hydroxylation sites is 1. The number of carbonyl (C=O) groups is 4. The van der Waals surface area contributed by atoms with Crippen molar-refractivity contribution >= 4 is 29.4 Å². The number of carbonyl (C=O) groups excluding carboxylic acids is 4. The minimum absolute atomic E-state index is 0.257. The van der Waals surface area contributed by atoms with E-state index in [9.17, 15) is 19.2 Å². The van der Waals surface area contributed by atoms with E-state index in [1.54, 1.807) is 30.3 Å². The van der Waals surface area contributed by atoms with Gasteiger partial charge >= 0.3 is 5.97 Å². The number of fused-ring (bicyclic) bond motifs is 1. The first-order valence-corrected chi connectivity index (χ1v) is 8.80. The SMILES string of the molecule is Cc1ccc2c(c1)C(=O)N(C(C)C(=O)OCC(=O)Nc1ccccc1C)C2=O. The van der Waals surface area contributed by atoms with Crippen LogP contribution < -0.4 is 5.32 Å². The van der Waals surface area contributed by atoms with Crippen molar-refractivity contribution in [3.63, 3.8) is 0 Å². The minimum atomic E-state index is -1.14. The Morgan fingerprint density at radius 3 is 2.43 bits per heavy atom. The van der Waals surface area contributed by atoms with E-state index in [4.69, 9.17) is 4.74 Å². The minimum Gasteiger partial charge on any atom is -0.454 e. The molecular formula is C21H20N2O5. The van der Waals surface area contributed by atoms with Crippen LogP contribution in [0.25, 0.3) is 0 Å². The number of anilines is 1. The maximum atomic E-state index is 12.5. The topological polar surface area (TPSA) is 92.8 Å². The highest BCUT2D eigenvalue weighted by molar-refractivity contribution is 6.22. The first-order valence-electron chi connectivity index (χ1n) is 8.80. The van der Waals surface area contributed by atoms with Gasteiger partial charge in [0.15, 0.2) is 6.61 Å². The molecule has 1 aliphatic rings. The van der Waals surface area contributed by atoms with Gasteiger partial charge in [-0.1, -0.05) is 29.8 Å². The Morgan fingerprint density at radius 1 is 1.04 bits per heavy atom. The second-order valence-corrected chi connectivity index (χ2v) is 6.68. The summed E-state index contributed by atoms with van der Waals surface area (Å²) in [4.78, 5) is 50.2. The standard InChI is InChI=1S/C21H20N2O5/c1-12-8-9-15-16(10-12)20(26)23(19(15)25)14(3)21(27)28-11-18(24)22-17-7-5-4-6-13(17)2/h4-10,14H,11H2,1-3H3,(H,22,24). The molecule has 0 aliphatic carbocycles. The first-order chi connectivity index (χ1) is 13.3. The summed E-state index contributed by atoms with van der Waals surface area (Å²) < 4.78 is 5.01. The zero-order valence-corrected chi connectivity index (χ0v) is 15.8. The molecule has 1 heterocycles. The van der Waals surface area contributed by atoms with Crippen LogP contribution in [0.3, 0.4) is 0 Å². The van der Waals surface area contributed by atoms with Crippen LogP contribution in [0.5, 0.6) is 0 Å². The van der Waals surface area contributed by atoms with Crippen molar-refractivity contribution in [1.29, 1.82) is 0 Å². The van der Waals surface area contributed by atoms with E-state index in [0.29, 0.717) is 5.69 Å². The van der Waals surface area contributed by atoms with Crippen LogP contribution in [0.4, 0.5) is 5.69 Å². The van der Waals surface area contributed by atoms with Gasteiger partial charge in [0.1, 0.15) is 6.04 Å². The molecule has 0 saturated carbocycles. The lowest BCUT2D eigenvalue weighted by atomic mass is 10.1. The second kappa shape index (κ2) is 7.64. The molecule has 0 fully saturated rings. The normalized spacial score (nSPS) is 13.9. The van der Waals surface area contributed by atoms with Crippen molar-refractivity contribution in [2.45, 2.75) is 26.8 Å². The number of nitrogens with zero attached hydrogens (tertiary/aromatic N) is 1. The quantitative estimate of drug-likeness (QED) is 0.635. The summed E-state index contributed by atoms with van der Waals surface area (Å²) in [6.45, 7) is 4.54. The Morgan fingerprint density at radius 2 is 1.71 bits per heavy atom. The Bertz CT molecular complexity index is 983. The molecule has 2 aromatic rings. The molecule has 3 amide bonds. The maximum absolute atomic E-state index is 12.5. The van der Waals surface area contributed by atoms with Crippen molar-refractivity contribution in [1.82, 2.24) is 4.90 Å². The molecule has 28 heavy (non-hydrogen) atoms. The summed E-state index contributed by atoms with van der Waals surface area (Å²) >= 11 is 0. The zero-order chi connectivity index (χ0) is 20.4. The van der Waals surface area contributed by atoms with Gasteiger partial charge in [-0.25, -0.2) is 4.79 Å². The highest BCUT2D eigenvalue weighted by Gasteiger charge is 2.41. The van der Waals surface area contributed by atoms with Gasteiger partial charge in [-0.15, -0.1) is 0 Å². The number of nitrogens with one attached hydrogen (secondary N) is 1. The number of rotatable bonds is 5. The highest BCUT2D eigenvalue weighted by atomic mass is 16.5. The Hall–Kier alpha value is -3.48. The van der Waals surface area contributed by atoms with Crippen LogP contribution in [-0.4, -0.2) is 41.2 Å². The molecule has 1 atom stereocenters. The van der Waals surface area contributed by atoms with Crippen LogP contribution >= 0.6 is 0 Å². The van der Waals surface area contributed by atoms with Gasteiger partial charge in [0.2, 0.25) is 0 Å². The Kier molecular flexibility index (Phi) is 5.26. The fourth-order valence-electron chi connectivity index (χ4n) is 2.99. The van der Waals surface area contributed by atoms with Gasteiger partial charge in [0, 0.05) is 5.69 Å². The van der Waals surface area contributed by atoms with E-state index in [2.05, 4.69) is 5.32 Å². The number of benzene rings is 2. The lowest BCUT2D eigenvalue weighted by molar-refractivity contribution is -0.150. The van der Waals surface area contributed by atoms with Crippen LogP contribution in [0, 0.1) is 13.8 Å². The van der Waals surface area contributed by atoms with Crippen molar-refractivity contribution in [3.8, 4) is 0 Å². The number of hydrogen-bond acceptors (Lipinski definition) is 5. The zero-order valence-electron chi connectivity index (χ0n) is 15.8. The number of aryl methyl sites for hydroxylation is 2. The van der Waals surface area contributed by atoms with Gasteiger partial charge < -0.3 is 10.1 Å². The van der Waals surface area contributed by atoms with Crippen molar-refractivity contribution in [3.05, 3.63) is 64.7 Å². The third kappa shape index (κ3) is 3.64. The second-order valence-electron chi connectivity index (χ2n) is 6.68. The summed E-state index contributed by atoms with van der Waals surface area (Å²) in [5.41, 5.74) is 2.85. The average Bonchev–Trinajstić information content (AvgIpc) is 2.91. The number of ether oxygens (including phenoxy) is 1. The number of imide groups is 1. The number of esters is 1. The largest absolute Gasteiger partial charge is 0.454 e. The predicted octanol–water partition coefficient (Wildman–Crippen LogP) is 2.47. The van der Waals surface area contributed by atoms with E-state index in [1.165, 1.54) is 6.92 Å². The summed E-state index contributed by atoms with van der Waals surface area (Å²) in [6.07, 6.45) is 0. The van der Waals surface area contributed by atoms with E-state index in [1.807, 2.05) is 26.0 Å². The predicted molar refractivity (Wildman–Crippen MR) is 102 cm³/mol. The van der Waals surface area contributed by atoms with Gasteiger partial charge in [0.05, 0.1) is 11.1 Å². The Balaban J connectivity index is 1.62. The molecule has 1 N–H and O–H groups in total. The first kappa shape index (κ1) is 19.3. The summed E-state index contributed by atoms with van der Waals surface area (Å²) in [5, 5.41) is 2.65. The van der Waals surface area contributed by atoms with Crippen molar-refractivity contribution < 1.29 is 23.9 Å².